The van der Waals surface area contributed by atoms with Gasteiger partial charge in [0.1, 0.15) is 45.6 Å². The van der Waals surface area contributed by atoms with Gasteiger partial charge >= 0.3 is 0 Å². The molecule has 0 aliphatic carbocycles. The maximum Gasteiger partial charge on any atom is 0.223 e. The molecule has 0 radical (unpaired) electrons. The number of tetrazole rings is 3. The first-order valence-electron chi connectivity index (χ1n) is 19.5. The maximum absolute atomic E-state index is 5.87. The molecule has 0 aliphatic heterocycles. The highest BCUT2D eigenvalue weighted by Gasteiger charge is 2.12. The first-order valence-corrected chi connectivity index (χ1v) is 20.7. The topological polar surface area (TPSA) is 252 Å². The van der Waals surface area contributed by atoms with Crippen molar-refractivity contribution in [3.05, 3.63) is 181 Å². The van der Waals surface area contributed by atoms with Crippen molar-refractivity contribution in [2.45, 2.75) is 0 Å². The SMILES string of the molecule is Brc1cncc(-n2nnc(-c3ccccn3)n2)c1.Clc1cncc(Oc2ccc(-n3nnc(-c4ccccn4)n3)cn2)c1.c1ccc(-c2nnn(-c3ccc(Oc4cccnc4)nc3)n2)nc1. The van der Waals surface area contributed by atoms with Gasteiger partial charge in [-0.25, -0.2) is 9.97 Å². The summed E-state index contributed by atoms with van der Waals surface area (Å²) in [6.45, 7) is 0. The zero-order valence-electron chi connectivity index (χ0n) is 34.2. The molecule has 0 spiro atoms. The fraction of sp³-hybridized carbons (Fsp3) is 0. The Bertz CT molecular complexity index is 3280. The van der Waals surface area contributed by atoms with Gasteiger partial charge in [0.2, 0.25) is 29.2 Å². The summed E-state index contributed by atoms with van der Waals surface area (Å²) in [5.74, 6) is 3.35. The van der Waals surface area contributed by atoms with Gasteiger partial charge in [0.15, 0.2) is 0 Å². The molecule has 11 rings (SSSR count). The van der Waals surface area contributed by atoms with Crippen molar-refractivity contribution in [1.29, 1.82) is 0 Å². The van der Waals surface area contributed by atoms with E-state index in [4.69, 9.17) is 21.1 Å². The van der Waals surface area contributed by atoms with Gasteiger partial charge in [0.05, 0.1) is 36.0 Å². The van der Waals surface area contributed by atoms with Crippen molar-refractivity contribution in [2.75, 3.05) is 0 Å². The van der Waals surface area contributed by atoms with Crippen LogP contribution in [-0.4, -0.2) is 100 Å². The first-order chi connectivity index (χ1) is 33.0. The van der Waals surface area contributed by atoms with Crippen LogP contribution in [-0.2, 0) is 0 Å². The second-order valence-corrected chi connectivity index (χ2v) is 14.5. The molecule has 0 fully saturated rings. The molecule has 0 unspecified atom stereocenters. The Morgan fingerprint density at radius 2 is 0.925 bits per heavy atom. The Labute approximate surface area is 391 Å². The predicted octanol–water partition coefficient (Wildman–Crippen LogP) is 7.15. The molecule has 22 nitrogen and oxygen atoms in total. The van der Waals surface area contributed by atoms with Gasteiger partial charge in [-0.3, -0.25) is 29.9 Å². The molecule has 0 aromatic carbocycles. The number of ether oxygens (including phenoxy) is 2. The summed E-state index contributed by atoms with van der Waals surface area (Å²) >= 11 is 9.22. The van der Waals surface area contributed by atoms with E-state index < -0.39 is 0 Å². The lowest BCUT2D eigenvalue weighted by atomic mass is 10.3. The van der Waals surface area contributed by atoms with Crippen molar-refractivity contribution in [1.82, 2.24) is 100 Å². The lowest BCUT2D eigenvalue weighted by molar-refractivity contribution is 0.460. The van der Waals surface area contributed by atoms with Gasteiger partial charge in [0, 0.05) is 59.9 Å². The lowest BCUT2D eigenvalue weighted by Crippen LogP contribution is -2.00. The molecule has 326 valence electrons. The van der Waals surface area contributed by atoms with Crippen LogP contribution in [0.15, 0.2) is 176 Å². The molecule has 11 aromatic rings. The minimum atomic E-state index is 0.401. The van der Waals surface area contributed by atoms with Gasteiger partial charge in [-0.15, -0.1) is 45.0 Å². The van der Waals surface area contributed by atoms with Crippen molar-refractivity contribution in [3.8, 4) is 74.9 Å². The fourth-order valence-electron chi connectivity index (χ4n) is 5.47. The van der Waals surface area contributed by atoms with E-state index >= 15 is 0 Å². The largest absolute Gasteiger partial charge is 0.437 e. The van der Waals surface area contributed by atoms with Crippen LogP contribution in [0, 0.1) is 0 Å². The molecule has 0 N–H and O–H groups in total. The van der Waals surface area contributed by atoms with Crippen LogP contribution in [0.25, 0.3) is 51.6 Å². The molecular weight excluding hydrogens is 944 g/mol. The summed E-state index contributed by atoms with van der Waals surface area (Å²) in [5.41, 5.74) is 4.04. The summed E-state index contributed by atoms with van der Waals surface area (Å²) in [6, 6.07) is 30.7. The number of halogens is 2. The second kappa shape index (κ2) is 21.0. The summed E-state index contributed by atoms with van der Waals surface area (Å²) in [4.78, 5) is 37.2. The average molecular weight is 972 g/mol. The number of hydrogen-bond acceptors (Lipinski definition) is 19. The molecule has 0 atom stereocenters. The Morgan fingerprint density at radius 3 is 1.37 bits per heavy atom. The molecule has 0 amide bonds. The van der Waals surface area contributed by atoms with Gasteiger partial charge in [0.25, 0.3) is 0 Å². The standard InChI is InChI=1S/C16H10ClN7O.C16H11N7O.C11H7BrN6/c17-11-7-13(10-18-8-11)25-15-5-4-12(9-20-15)24-22-16(21-23-24)14-3-1-2-6-19-14;1-2-9-18-14(5-1)16-20-22-23(21-16)12-6-7-15(19-10-12)24-13-4-3-8-17-11-13;12-8-5-9(7-13-6-8)18-16-11(15-17-18)10-3-1-2-4-14-10/h1-10H;1-11H;1-7H. The van der Waals surface area contributed by atoms with Crippen LogP contribution < -0.4 is 9.47 Å². The molecule has 67 heavy (non-hydrogen) atoms. The average Bonchev–Trinajstić information content (AvgIpc) is 4.20. The van der Waals surface area contributed by atoms with Crippen molar-refractivity contribution in [2.24, 2.45) is 0 Å². The van der Waals surface area contributed by atoms with Crippen molar-refractivity contribution >= 4 is 27.5 Å². The minimum absolute atomic E-state index is 0.401. The number of nitrogens with zero attached hydrogens (tertiary/aromatic N) is 20. The highest BCUT2D eigenvalue weighted by molar-refractivity contribution is 9.10. The molecule has 11 aromatic heterocycles. The highest BCUT2D eigenvalue weighted by Crippen LogP contribution is 2.23. The number of rotatable bonds is 10. The second-order valence-electron chi connectivity index (χ2n) is 13.2. The van der Waals surface area contributed by atoms with E-state index in [9.17, 15) is 0 Å². The van der Waals surface area contributed by atoms with Gasteiger partial charge in [-0.1, -0.05) is 29.8 Å². The minimum Gasteiger partial charge on any atom is -0.437 e. The third-order valence-corrected chi connectivity index (χ3v) is 9.15. The quantitative estimate of drug-likeness (QED) is 0.132. The number of pyridine rings is 8. The Balaban J connectivity index is 0.000000128. The zero-order chi connectivity index (χ0) is 45.6. The van der Waals surface area contributed by atoms with E-state index in [1.54, 1.807) is 104 Å². The normalized spacial score (nSPS) is 10.5. The molecular formula is C43H28BrClN20O2. The molecule has 0 saturated heterocycles. The van der Waals surface area contributed by atoms with Gasteiger partial charge in [-0.2, -0.15) is 0 Å². The van der Waals surface area contributed by atoms with Crippen molar-refractivity contribution in [3.63, 3.8) is 0 Å². The fourth-order valence-corrected chi connectivity index (χ4v) is 5.99. The first kappa shape index (κ1) is 43.1. The summed E-state index contributed by atoms with van der Waals surface area (Å²) in [7, 11) is 0. The van der Waals surface area contributed by atoms with Crippen LogP contribution in [0.3, 0.4) is 0 Å². The third kappa shape index (κ3) is 11.5. The Morgan fingerprint density at radius 1 is 0.418 bits per heavy atom. The molecule has 11 heterocycles. The van der Waals surface area contributed by atoms with Crippen LogP contribution >= 0.6 is 27.5 Å². The van der Waals surface area contributed by atoms with Gasteiger partial charge < -0.3 is 9.47 Å². The summed E-state index contributed by atoms with van der Waals surface area (Å²) < 4.78 is 12.0. The molecule has 0 saturated carbocycles. The Kier molecular flexibility index (Phi) is 13.5. The number of aromatic nitrogens is 20. The summed E-state index contributed by atoms with van der Waals surface area (Å²) in [6.07, 6.45) is 18.0. The third-order valence-electron chi connectivity index (χ3n) is 8.51. The highest BCUT2D eigenvalue weighted by atomic mass is 79.9. The van der Waals surface area contributed by atoms with E-state index in [2.05, 4.69) is 102 Å². The van der Waals surface area contributed by atoms with E-state index in [1.165, 1.54) is 20.6 Å². The Hall–Kier alpha value is -9.22. The maximum atomic E-state index is 5.87. The van der Waals surface area contributed by atoms with Crippen LogP contribution in [0.2, 0.25) is 5.02 Å². The summed E-state index contributed by atoms with van der Waals surface area (Å²) in [5, 5.41) is 37.3. The van der Waals surface area contributed by atoms with Crippen LogP contribution in [0.5, 0.6) is 23.3 Å². The van der Waals surface area contributed by atoms with Crippen LogP contribution in [0.4, 0.5) is 0 Å². The molecule has 24 heteroatoms. The molecule has 0 aliphatic rings. The number of hydrogen-bond donors (Lipinski definition) is 0. The van der Waals surface area contributed by atoms with E-state index in [1.807, 2.05) is 60.7 Å². The lowest BCUT2D eigenvalue weighted by Gasteiger charge is -2.05. The van der Waals surface area contributed by atoms with E-state index in [0.717, 1.165) is 10.2 Å². The van der Waals surface area contributed by atoms with Crippen molar-refractivity contribution < 1.29 is 9.47 Å². The monoisotopic (exact) mass is 970 g/mol. The smallest absolute Gasteiger partial charge is 0.223 e. The van der Waals surface area contributed by atoms with Gasteiger partial charge in [-0.05, 0) is 98.3 Å². The van der Waals surface area contributed by atoms with E-state index in [-0.39, 0.29) is 0 Å². The van der Waals surface area contributed by atoms with E-state index in [0.29, 0.717) is 74.2 Å². The molecule has 0 bridgehead atoms. The zero-order valence-corrected chi connectivity index (χ0v) is 36.5. The predicted molar refractivity (Wildman–Crippen MR) is 242 cm³/mol. The van der Waals surface area contributed by atoms with Crippen LogP contribution in [0.1, 0.15) is 0 Å².